The molecule has 0 bridgehead atoms. The first kappa shape index (κ1) is 19.6. The lowest BCUT2D eigenvalue weighted by Crippen LogP contribution is -2.15. The van der Waals surface area contributed by atoms with Gasteiger partial charge in [-0.3, -0.25) is 4.57 Å². The van der Waals surface area contributed by atoms with E-state index in [0.29, 0.717) is 41.3 Å². The molecule has 5 nitrogen and oxygen atoms in total. The zero-order valence-corrected chi connectivity index (χ0v) is 17.1. The predicted octanol–water partition coefficient (Wildman–Crippen LogP) is 5.28. The third-order valence-electron chi connectivity index (χ3n) is 4.82. The number of thioether (sulfide) groups is 1. The summed E-state index contributed by atoms with van der Waals surface area (Å²) >= 11 is 1.33. The Morgan fingerprint density at radius 2 is 1.68 bits per heavy atom. The predicted molar refractivity (Wildman–Crippen MR) is 114 cm³/mol. The summed E-state index contributed by atoms with van der Waals surface area (Å²) < 4.78 is 40.5. The highest BCUT2D eigenvalue weighted by Crippen LogP contribution is 2.36. The van der Waals surface area contributed by atoms with Gasteiger partial charge in [0, 0.05) is 23.1 Å². The molecule has 0 fully saturated rings. The van der Waals surface area contributed by atoms with Gasteiger partial charge in [0.2, 0.25) is 0 Å². The quantitative estimate of drug-likeness (QED) is 0.398. The van der Waals surface area contributed by atoms with Crippen LogP contribution in [0.4, 0.5) is 8.78 Å². The molecule has 3 aromatic carbocycles. The molecule has 5 rings (SSSR count). The van der Waals surface area contributed by atoms with E-state index >= 15 is 0 Å². The standard InChI is InChI=1S/C23H17F2N3O2S/c24-17-8-6-16(19(25)13-17)14-31-23-27-26-22(28(23)18-4-2-1-3-5-18)15-7-9-20-21(12-15)30-11-10-29-20/h1-9,12-13H,10-11,14H2. The molecule has 4 aromatic rings. The lowest BCUT2D eigenvalue weighted by atomic mass is 10.1. The van der Waals surface area contributed by atoms with Crippen LogP contribution in [0.1, 0.15) is 5.56 Å². The normalized spacial score (nSPS) is 12.7. The second-order valence-corrected chi connectivity index (χ2v) is 7.80. The zero-order chi connectivity index (χ0) is 21.2. The first-order chi connectivity index (χ1) is 15.2. The largest absolute Gasteiger partial charge is 0.486 e. The van der Waals surface area contributed by atoms with Gasteiger partial charge in [-0.15, -0.1) is 10.2 Å². The Kier molecular flexibility index (Phi) is 5.30. The lowest BCUT2D eigenvalue weighted by Gasteiger charge is -2.19. The molecule has 1 aromatic heterocycles. The molecule has 0 amide bonds. The van der Waals surface area contributed by atoms with Crippen LogP contribution in [0.15, 0.2) is 71.9 Å². The Labute approximate surface area is 181 Å². The summed E-state index contributed by atoms with van der Waals surface area (Å²) in [4.78, 5) is 0. The molecular formula is C23H17F2N3O2S. The summed E-state index contributed by atoms with van der Waals surface area (Å²) in [7, 11) is 0. The first-order valence-corrected chi connectivity index (χ1v) is 10.7. The number of hydrogen-bond acceptors (Lipinski definition) is 5. The van der Waals surface area contributed by atoms with Crippen LogP contribution in [-0.2, 0) is 5.75 Å². The molecule has 0 saturated carbocycles. The van der Waals surface area contributed by atoms with Crippen LogP contribution in [0.3, 0.4) is 0 Å². The Hall–Kier alpha value is -3.39. The second kappa shape index (κ2) is 8.39. The first-order valence-electron chi connectivity index (χ1n) is 9.66. The third kappa shape index (κ3) is 3.98. The number of rotatable bonds is 5. The summed E-state index contributed by atoms with van der Waals surface area (Å²) in [5, 5.41) is 9.35. The molecule has 2 heterocycles. The maximum atomic E-state index is 14.1. The van der Waals surface area contributed by atoms with E-state index < -0.39 is 11.6 Å². The Bertz CT molecular complexity index is 1230. The van der Waals surface area contributed by atoms with Crippen molar-refractivity contribution in [3.05, 3.63) is 83.9 Å². The SMILES string of the molecule is Fc1ccc(CSc2nnc(-c3ccc4c(c3)OCCO4)n2-c2ccccc2)c(F)c1. The maximum Gasteiger partial charge on any atom is 0.196 e. The van der Waals surface area contributed by atoms with E-state index in [-0.39, 0.29) is 5.75 Å². The van der Waals surface area contributed by atoms with Gasteiger partial charge < -0.3 is 9.47 Å². The monoisotopic (exact) mass is 437 g/mol. The molecule has 0 spiro atoms. The highest BCUT2D eigenvalue weighted by Gasteiger charge is 2.19. The van der Waals surface area contributed by atoms with E-state index in [4.69, 9.17) is 9.47 Å². The van der Waals surface area contributed by atoms with Crippen LogP contribution in [-0.4, -0.2) is 28.0 Å². The average molecular weight is 437 g/mol. The average Bonchev–Trinajstić information content (AvgIpc) is 3.23. The van der Waals surface area contributed by atoms with Crippen LogP contribution in [0.2, 0.25) is 0 Å². The van der Waals surface area contributed by atoms with Gasteiger partial charge >= 0.3 is 0 Å². The fourth-order valence-electron chi connectivity index (χ4n) is 3.32. The number of nitrogens with zero attached hydrogens (tertiary/aromatic N) is 3. The maximum absolute atomic E-state index is 14.1. The van der Waals surface area contributed by atoms with Gasteiger partial charge in [-0.1, -0.05) is 36.0 Å². The Morgan fingerprint density at radius 1 is 0.871 bits per heavy atom. The van der Waals surface area contributed by atoms with Crippen LogP contribution in [0.5, 0.6) is 11.5 Å². The van der Waals surface area contributed by atoms with Crippen molar-refractivity contribution in [1.82, 2.24) is 14.8 Å². The molecule has 0 unspecified atom stereocenters. The number of fused-ring (bicyclic) bond motifs is 1. The summed E-state index contributed by atoms with van der Waals surface area (Å²) in [5.74, 6) is 1.10. The van der Waals surface area contributed by atoms with Gasteiger partial charge in [0.1, 0.15) is 24.8 Å². The number of ether oxygens (including phenoxy) is 2. The molecule has 0 aliphatic carbocycles. The van der Waals surface area contributed by atoms with E-state index in [1.54, 1.807) is 0 Å². The van der Waals surface area contributed by atoms with E-state index in [1.807, 2.05) is 53.1 Å². The van der Waals surface area contributed by atoms with Gasteiger partial charge in [-0.2, -0.15) is 0 Å². The van der Waals surface area contributed by atoms with Crippen molar-refractivity contribution in [3.8, 4) is 28.6 Å². The molecule has 156 valence electrons. The Morgan fingerprint density at radius 3 is 2.48 bits per heavy atom. The van der Waals surface area contributed by atoms with E-state index in [2.05, 4.69) is 10.2 Å². The number of benzene rings is 3. The van der Waals surface area contributed by atoms with Crippen LogP contribution in [0.25, 0.3) is 17.1 Å². The summed E-state index contributed by atoms with van der Waals surface area (Å²) in [6, 6.07) is 18.9. The number of halogens is 2. The summed E-state index contributed by atoms with van der Waals surface area (Å²) in [6.07, 6.45) is 0. The van der Waals surface area contributed by atoms with Gasteiger partial charge in [-0.25, -0.2) is 8.78 Å². The molecule has 0 radical (unpaired) electrons. The minimum absolute atomic E-state index is 0.290. The molecule has 0 N–H and O–H groups in total. The summed E-state index contributed by atoms with van der Waals surface area (Å²) in [5.41, 5.74) is 2.09. The molecule has 0 atom stereocenters. The van der Waals surface area contributed by atoms with Crippen molar-refractivity contribution >= 4 is 11.8 Å². The second-order valence-electron chi connectivity index (χ2n) is 6.86. The topological polar surface area (TPSA) is 49.2 Å². The molecule has 0 saturated heterocycles. The minimum Gasteiger partial charge on any atom is -0.486 e. The highest BCUT2D eigenvalue weighted by atomic mass is 32.2. The van der Waals surface area contributed by atoms with Crippen LogP contribution >= 0.6 is 11.8 Å². The van der Waals surface area contributed by atoms with E-state index in [0.717, 1.165) is 17.3 Å². The van der Waals surface area contributed by atoms with Crippen LogP contribution in [0, 0.1) is 11.6 Å². The van der Waals surface area contributed by atoms with Crippen molar-refractivity contribution in [1.29, 1.82) is 0 Å². The number of para-hydroxylation sites is 1. The molecule has 1 aliphatic heterocycles. The Balaban J connectivity index is 1.53. The van der Waals surface area contributed by atoms with Crippen molar-refractivity contribution in [3.63, 3.8) is 0 Å². The lowest BCUT2D eigenvalue weighted by molar-refractivity contribution is 0.171. The molecule has 8 heteroatoms. The zero-order valence-electron chi connectivity index (χ0n) is 16.3. The fraction of sp³-hybridized carbons (Fsp3) is 0.130. The number of aromatic nitrogens is 3. The summed E-state index contributed by atoms with van der Waals surface area (Å²) in [6.45, 7) is 1.01. The van der Waals surface area contributed by atoms with Crippen molar-refractivity contribution in [2.45, 2.75) is 10.9 Å². The van der Waals surface area contributed by atoms with Gasteiger partial charge in [0.25, 0.3) is 0 Å². The molecule has 1 aliphatic rings. The van der Waals surface area contributed by atoms with Gasteiger partial charge in [0.05, 0.1) is 0 Å². The molecular weight excluding hydrogens is 420 g/mol. The minimum atomic E-state index is -0.598. The van der Waals surface area contributed by atoms with Crippen LogP contribution < -0.4 is 9.47 Å². The number of hydrogen-bond donors (Lipinski definition) is 0. The fourth-order valence-corrected chi connectivity index (χ4v) is 4.26. The highest BCUT2D eigenvalue weighted by molar-refractivity contribution is 7.98. The van der Waals surface area contributed by atoms with Crippen molar-refractivity contribution in [2.75, 3.05) is 13.2 Å². The van der Waals surface area contributed by atoms with Crippen molar-refractivity contribution < 1.29 is 18.3 Å². The van der Waals surface area contributed by atoms with Crippen molar-refractivity contribution in [2.24, 2.45) is 0 Å². The smallest absolute Gasteiger partial charge is 0.196 e. The molecule has 31 heavy (non-hydrogen) atoms. The van der Waals surface area contributed by atoms with E-state index in [9.17, 15) is 8.78 Å². The van der Waals surface area contributed by atoms with E-state index in [1.165, 1.54) is 23.9 Å². The van der Waals surface area contributed by atoms with Gasteiger partial charge in [-0.05, 0) is 42.0 Å². The van der Waals surface area contributed by atoms with Gasteiger partial charge in [0.15, 0.2) is 22.5 Å². The third-order valence-corrected chi connectivity index (χ3v) is 5.80.